The molecule has 2 unspecified atom stereocenters. The predicted octanol–water partition coefficient (Wildman–Crippen LogP) is 5.29. The van der Waals surface area contributed by atoms with E-state index in [2.05, 4.69) is 0 Å². The molecule has 2 aliphatic rings. The number of hydrogen-bond donors (Lipinski definition) is 1. The van der Waals surface area contributed by atoms with Crippen molar-refractivity contribution in [3.63, 3.8) is 0 Å². The molecule has 0 aliphatic carbocycles. The van der Waals surface area contributed by atoms with Gasteiger partial charge in [-0.25, -0.2) is 0 Å². The van der Waals surface area contributed by atoms with Crippen molar-refractivity contribution in [1.29, 1.82) is 0 Å². The molecule has 0 saturated carbocycles. The smallest absolute Gasteiger partial charge is 0.295 e. The normalized spacial score (nSPS) is 21.2. The molecule has 0 spiro atoms. The van der Waals surface area contributed by atoms with E-state index in [4.69, 9.17) is 16.3 Å². The second-order valence-electron chi connectivity index (χ2n) is 8.42. The number of rotatable bonds is 4. The number of amides is 1. The Labute approximate surface area is 196 Å². The summed E-state index contributed by atoms with van der Waals surface area (Å²) in [4.78, 5) is 27.8. The van der Waals surface area contributed by atoms with Crippen LogP contribution in [0.4, 0.5) is 0 Å². The van der Waals surface area contributed by atoms with Gasteiger partial charge in [-0.3, -0.25) is 9.59 Å². The molecule has 2 heterocycles. The summed E-state index contributed by atoms with van der Waals surface area (Å²) in [6, 6.07) is 21.1. The van der Waals surface area contributed by atoms with Crippen LogP contribution >= 0.6 is 11.6 Å². The van der Waals surface area contributed by atoms with Gasteiger partial charge >= 0.3 is 0 Å². The van der Waals surface area contributed by atoms with E-state index in [-0.39, 0.29) is 24.0 Å². The topological polar surface area (TPSA) is 66.8 Å². The highest BCUT2D eigenvalue weighted by Crippen LogP contribution is 2.41. The highest BCUT2D eigenvalue weighted by molar-refractivity contribution is 6.46. The van der Waals surface area contributed by atoms with Crippen LogP contribution in [0.3, 0.4) is 0 Å². The van der Waals surface area contributed by atoms with Gasteiger partial charge in [0.1, 0.15) is 17.6 Å². The lowest BCUT2D eigenvalue weighted by Crippen LogP contribution is -2.29. The fourth-order valence-corrected chi connectivity index (χ4v) is 4.67. The molecule has 6 heteroatoms. The van der Waals surface area contributed by atoms with E-state index >= 15 is 0 Å². The van der Waals surface area contributed by atoms with Crippen molar-refractivity contribution in [2.24, 2.45) is 0 Å². The van der Waals surface area contributed by atoms with E-state index in [0.717, 1.165) is 23.3 Å². The van der Waals surface area contributed by atoms with E-state index in [1.54, 1.807) is 36.4 Å². The average Bonchev–Trinajstić information content (AvgIpc) is 3.31. The van der Waals surface area contributed by atoms with Gasteiger partial charge in [0, 0.05) is 23.6 Å². The minimum Gasteiger partial charge on any atom is -0.507 e. The van der Waals surface area contributed by atoms with Crippen molar-refractivity contribution < 1.29 is 19.4 Å². The van der Waals surface area contributed by atoms with Crippen molar-refractivity contribution >= 4 is 29.1 Å². The molecule has 1 N–H and O–H groups in total. The largest absolute Gasteiger partial charge is 0.507 e. The lowest BCUT2D eigenvalue weighted by atomic mass is 9.94. The van der Waals surface area contributed by atoms with Gasteiger partial charge in [-0.15, -0.1) is 0 Å². The maximum atomic E-state index is 13.2. The summed E-state index contributed by atoms with van der Waals surface area (Å²) in [7, 11) is 0. The quantitative estimate of drug-likeness (QED) is 0.327. The number of fused-ring (bicyclic) bond motifs is 1. The minimum atomic E-state index is -0.731. The third-order valence-electron chi connectivity index (χ3n) is 6.09. The third-order valence-corrected chi connectivity index (χ3v) is 6.34. The molecule has 166 valence electrons. The molecule has 2 aliphatic heterocycles. The molecule has 5 nitrogen and oxygen atoms in total. The molecule has 0 radical (unpaired) electrons. The molecule has 1 fully saturated rings. The van der Waals surface area contributed by atoms with E-state index in [0.29, 0.717) is 16.1 Å². The predicted molar refractivity (Wildman–Crippen MR) is 126 cm³/mol. The van der Waals surface area contributed by atoms with Crippen LogP contribution in [0.5, 0.6) is 5.75 Å². The van der Waals surface area contributed by atoms with Crippen LogP contribution in [0.15, 0.2) is 78.4 Å². The van der Waals surface area contributed by atoms with Crippen LogP contribution in [-0.2, 0) is 22.6 Å². The number of carbonyl (C=O) groups excluding carboxylic acids is 2. The zero-order valence-corrected chi connectivity index (χ0v) is 18.8. The molecule has 1 amide bonds. The number of hydrogen-bond acceptors (Lipinski definition) is 4. The summed E-state index contributed by atoms with van der Waals surface area (Å²) in [6.07, 6.45) is 0.780. The Hall–Kier alpha value is -3.57. The first-order valence-corrected chi connectivity index (χ1v) is 11.2. The van der Waals surface area contributed by atoms with Gasteiger partial charge < -0.3 is 14.7 Å². The van der Waals surface area contributed by atoms with Gasteiger partial charge in [-0.1, -0.05) is 54.1 Å². The van der Waals surface area contributed by atoms with Crippen molar-refractivity contribution in [3.8, 4) is 5.75 Å². The average molecular weight is 460 g/mol. The summed E-state index contributed by atoms with van der Waals surface area (Å²) < 4.78 is 5.75. The number of halogens is 1. The third kappa shape index (κ3) is 3.89. The van der Waals surface area contributed by atoms with Crippen molar-refractivity contribution in [2.45, 2.75) is 32.0 Å². The van der Waals surface area contributed by atoms with Crippen LogP contribution in [0.1, 0.15) is 35.2 Å². The zero-order valence-electron chi connectivity index (χ0n) is 18.0. The van der Waals surface area contributed by atoms with Crippen molar-refractivity contribution in [3.05, 3.63) is 106 Å². The Morgan fingerprint density at radius 3 is 2.52 bits per heavy atom. The monoisotopic (exact) mass is 459 g/mol. The molecule has 0 bridgehead atoms. The second kappa shape index (κ2) is 8.41. The first-order chi connectivity index (χ1) is 15.9. The van der Waals surface area contributed by atoms with Crippen LogP contribution in [0, 0.1) is 0 Å². The number of ether oxygens (including phenoxy) is 1. The fraction of sp³-hybridized carbons (Fsp3) is 0.185. The number of likely N-dealkylation sites (tertiary alicyclic amines) is 1. The molecule has 33 heavy (non-hydrogen) atoms. The van der Waals surface area contributed by atoms with Crippen LogP contribution in [0.25, 0.3) is 5.76 Å². The lowest BCUT2D eigenvalue weighted by molar-refractivity contribution is -0.140. The first kappa shape index (κ1) is 21.3. The Bertz CT molecular complexity index is 1270. The summed E-state index contributed by atoms with van der Waals surface area (Å²) in [5.74, 6) is -0.754. The van der Waals surface area contributed by atoms with Gasteiger partial charge in [0.05, 0.1) is 11.6 Å². The first-order valence-electron chi connectivity index (χ1n) is 10.8. The fourth-order valence-electron chi connectivity index (χ4n) is 4.54. The summed E-state index contributed by atoms with van der Waals surface area (Å²) >= 11 is 6.08. The molecule has 3 aromatic carbocycles. The Morgan fingerprint density at radius 1 is 1.06 bits per heavy atom. The number of benzene rings is 3. The van der Waals surface area contributed by atoms with Crippen LogP contribution in [-0.4, -0.2) is 27.8 Å². The number of Topliss-reactive ketones (excluding diaryl/α,β-unsaturated/α-hetero) is 1. The molecule has 1 saturated heterocycles. The van der Waals surface area contributed by atoms with E-state index < -0.39 is 17.7 Å². The van der Waals surface area contributed by atoms with Gasteiger partial charge in [-0.2, -0.15) is 0 Å². The minimum absolute atomic E-state index is 0.0583. The standard InChI is InChI=1S/C27H22ClNO4/c1-16-13-20-14-19(9-12-22(20)33-16)25(30)23-24(18-7-10-21(28)11-8-18)29(27(32)26(23)31)15-17-5-3-2-4-6-17/h2-12,14,16,24,30H,13,15H2,1H3. The van der Waals surface area contributed by atoms with Gasteiger partial charge in [0.2, 0.25) is 0 Å². The highest BCUT2D eigenvalue weighted by Gasteiger charge is 2.46. The summed E-state index contributed by atoms with van der Waals surface area (Å²) in [6.45, 7) is 2.22. The van der Waals surface area contributed by atoms with Crippen molar-refractivity contribution in [2.75, 3.05) is 0 Å². The number of aliphatic hydroxyl groups is 1. The van der Waals surface area contributed by atoms with Crippen LogP contribution in [0.2, 0.25) is 5.02 Å². The molecule has 3 aromatic rings. The molecule has 5 rings (SSSR count). The maximum absolute atomic E-state index is 13.2. The molecular weight excluding hydrogens is 438 g/mol. The van der Waals surface area contributed by atoms with E-state index in [1.807, 2.05) is 43.3 Å². The number of nitrogens with zero attached hydrogens (tertiary/aromatic N) is 1. The summed E-state index contributed by atoms with van der Waals surface area (Å²) in [5.41, 5.74) is 3.12. The highest BCUT2D eigenvalue weighted by atomic mass is 35.5. The number of carbonyl (C=O) groups is 2. The zero-order chi connectivity index (χ0) is 23.1. The maximum Gasteiger partial charge on any atom is 0.295 e. The molecular formula is C27H22ClNO4. The van der Waals surface area contributed by atoms with Crippen molar-refractivity contribution in [1.82, 2.24) is 4.90 Å². The van der Waals surface area contributed by atoms with Crippen LogP contribution < -0.4 is 4.74 Å². The number of aliphatic hydroxyl groups excluding tert-OH is 1. The lowest BCUT2D eigenvalue weighted by Gasteiger charge is -2.25. The Kier molecular flexibility index (Phi) is 5.43. The van der Waals surface area contributed by atoms with Gasteiger partial charge in [0.25, 0.3) is 11.7 Å². The number of ketones is 1. The Balaban J connectivity index is 1.62. The second-order valence-corrected chi connectivity index (χ2v) is 8.86. The molecule has 0 aromatic heterocycles. The van der Waals surface area contributed by atoms with E-state index in [1.165, 1.54) is 4.90 Å². The van der Waals surface area contributed by atoms with Gasteiger partial charge in [-0.05, 0) is 53.9 Å². The van der Waals surface area contributed by atoms with Gasteiger partial charge in [0.15, 0.2) is 0 Å². The SMILES string of the molecule is CC1Cc2cc(C(O)=C3C(=O)C(=O)N(Cc4ccccc4)C3c3ccc(Cl)cc3)ccc2O1. The Morgan fingerprint density at radius 2 is 1.79 bits per heavy atom. The summed E-state index contributed by atoms with van der Waals surface area (Å²) in [5, 5.41) is 11.8. The molecule has 2 atom stereocenters. The van der Waals surface area contributed by atoms with E-state index in [9.17, 15) is 14.7 Å².